The highest BCUT2D eigenvalue weighted by Gasteiger charge is 2.21. The van der Waals surface area contributed by atoms with E-state index in [0.29, 0.717) is 18.4 Å². The van der Waals surface area contributed by atoms with Crippen molar-refractivity contribution >= 4 is 11.9 Å². The lowest BCUT2D eigenvalue weighted by atomic mass is 9.89. The lowest BCUT2D eigenvalue weighted by Gasteiger charge is -2.15. The second-order valence-corrected chi connectivity index (χ2v) is 11.6. The number of aryl methyl sites for hydroxylation is 1. The van der Waals surface area contributed by atoms with Crippen LogP contribution in [0.3, 0.4) is 0 Å². The average Bonchev–Trinajstić information content (AvgIpc) is 2.81. The van der Waals surface area contributed by atoms with Crippen LogP contribution >= 0.6 is 0 Å². The summed E-state index contributed by atoms with van der Waals surface area (Å²) in [4.78, 5) is 24.0. The molecule has 1 aromatic carbocycles. The maximum atomic E-state index is 12.2. The van der Waals surface area contributed by atoms with E-state index < -0.39 is 11.9 Å². The van der Waals surface area contributed by atoms with Gasteiger partial charge in [0.05, 0.1) is 11.1 Å². The van der Waals surface area contributed by atoms with Crippen molar-refractivity contribution in [2.45, 2.75) is 143 Å². The van der Waals surface area contributed by atoms with Crippen LogP contribution in [0.25, 0.3) is 0 Å². The number of benzene rings is 1. The second-order valence-electron chi connectivity index (χ2n) is 11.6. The third-order valence-corrected chi connectivity index (χ3v) is 7.28. The van der Waals surface area contributed by atoms with Gasteiger partial charge in [0.15, 0.2) is 0 Å². The zero-order valence-corrected chi connectivity index (χ0v) is 23.7. The molecule has 206 valence electrons. The van der Waals surface area contributed by atoms with Crippen molar-refractivity contribution in [3.63, 3.8) is 0 Å². The fraction of sp³-hybridized carbons (Fsp3) is 0.750. The summed E-state index contributed by atoms with van der Waals surface area (Å²) in [6.07, 6.45) is 20.2. The van der Waals surface area contributed by atoms with Crippen molar-refractivity contribution in [2.75, 3.05) is 0 Å². The molecule has 0 amide bonds. The summed E-state index contributed by atoms with van der Waals surface area (Å²) in [6, 6.07) is 3.36. The van der Waals surface area contributed by atoms with Crippen molar-refractivity contribution in [3.05, 3.63) is 34.4 Å². The van der Waals surface area contributed by atoms with Gasteiger partial charge >= 0.3 is 11.9 Å². The Labute approximate surface area is 221 Å². The van der Waals surface area contributed by atoms with Crippen LogP contribution in [-0.2, 0) is 12.8 Å². The standard InChI is InChI=1S/C32H54O4/c1-25(2)19-15-11-7-5-9-13-17-21-27-23-24-29(31(33)34)28(30(27)32(35)36)22-18-14-10-6-8-12-16-20-26(3)4/h23-26H,5-22H2,1-4H3,(H,33,34)(H,35,36). The largest absolute Gasteiger partial charge is 0.478 e. The number of hydrogen-bond donors (Lipinski definition) is 2. The van der Waals surface area contributed by atoms with Gasteiger partial charge in [0.2, 0.25) is 0 Å². The molecule has 0 unspecified atom stereocenters. The van der Waals surface area contributed by atoms with E-state index in [1.165, 1.54) is 70.6 Å². The van der Waals surface area contributed by atoms with Crippen molar-refractivity contribution in [3.8, 4) is 0 Å². The molecule has 36 heavy (non-hydrogen) atoms. The molecule has 0 bridgehead atoms. The molecule has 0 heterocycles. The van der Waals surface area contributed by atoms with Crippen LogP contribution in [0.15, 0.2) is 12.1 Å². The molecule has 0 radical (unpaired) electrons. The number of carboxylic acid groups (broad SMARTS) is 2. The highest BCUT2D eigenvalue weighted by Crippen LogP contribution is 2.25. The molecule has 2 N–H and O–H groups in total. The smallest absolute Gasteiger partial charge is 0.336 e. The van der Waals surface area contributed by atoms with E-state index >= 15 is 0 Å². The number of unbranched alkanes of at least 4 members (excludes halogenated alkanes) is 12. The first-order valence-electron chi connectivity index (χ1n) is 14.8. The van der Waals surface area contributed by atoms with E-state index in [4.69, 9.17) is 0 Å². The van der Waals surface area contributed by atoms with Gasteiger partial charge < -0.3 is 10.2 Å². The van der Waals surface area contributed by atoms with Crippen LogP contribution in [0.2, 0.25) is 0 Å². The molecular weight excluding hydrogens is 448 g/mol. The Kier molecular flexibility index (Phi) is 17.3. The summed E-state index contributed by atoms with van der Waals surface area (Å²) in [5.41, 5.74) is 1.72. The number of carboxylic acids is 2. The Hall–Kier alpha value is -1.84. The normalized spacial score (nSPS) is 11.5. The Morgan fingerprint density at radius 1 is 0.583 bits per heavy atom. The topological polar surface area (TPSA) is 74.6 Å². The number of rotatable bonds is 22. The van der Waals surface area contributed by atoms with E-state index in [9.17, 15) is 19.8 Å². The van der Waals surface area contributed by atoms with E-state index in [-0.39, 0.29) is 11.1 Å². The average molecular weight is 503 g/mol. The van der Waals surface area contributed by atoms with Gasteiger partial charge in [0, 0.05) is 0 Å². The SMILES string of the molecule is CC(C)CCCCCCCCCc1ccc(C(=O)O)c(CCCCCCCCCC(C)C)c1C(=O)O. The molecule has 0 aromatic heterocycles. The number of hydrogen-bond acceptors (Lipinski definition) is 2. The van der Waals surface area contributed by atoms with Gasteiger partial charge in [-0.1, -0.05) is 124 Å². The van der Waals surface area contributed by atoms with Gasteiger partial charge in [-0.3, -0.25) is 0 Å². The minimum Gasteiger partial charge on any atom is -0.478 e. The molecule has 0 aliphatic heterocycles. The number of aromatic carboxylic acids is 2. The zero-order valence-electron chi connectivity index (χ0n) is 23.7. The highest BCUT2D eigenvalue weighted by molar-refractivity contribution is 5.97. The van der Waals surface area contributed by atoms with Crippen molar-refractivity contribution in [1.82, 2.24) is 0 Å². The minimum atomic E-state index is -1.03. The Bertz CT molecular complexity index is 751. The Morgan fingerprint density at radius 2 is 1.00 bits per heavy atom. The molecule has 0 saturated heterocycles. The summed E-state index contributed by atoms with van der Waals surface area (Å²) in [5, 5.41) is 19.7. The molecule has 0 saturated carbocycles. The summed E-state index contributed by atoms with van der Waals surface area (Å²) in [7, 11) is 0. The summed E-state index contributed by atoms with van der Waals surface area (Å²) in [5.74, 6) is -0.452. The van der Waals surface area contributed by atoms with Crippen LogP contribution in [0.4, 0.5) is 0 Å². The molecule has 0 aliphatic carbocycles. The predicted molar refractivity (Wildman–Crippen MR) is 151 cm³/mol. The molecule has 4 heteroatoms. The Morgan fingerprint density at radius 3 is 1.42 bits per heavy atom. The minimum absolute atomic E-state index is 0.159. The summed E-state index contributed by atoms with van der Waals surface area (Å²) in [6.45, 7) is 9.08. The first-order valence-corrected chi connectivity index (χ1v) is 14.8. The monoisotopic (exact) mass is 502 g/mol. The van der Waals surface area contributed by atoms with E-state index in [1.54, 1.807) is 12.1 Å². The van der Waals surface area contributed by atoms with Gasteiger partial charge in [-0.05, 0) is 54.7 Å². The van der Waals surface area contributed by atoms with Crippen molar-refractivity contribution < 1.29 is 19.8 Å². The van der Waals surface area contributed by atoms with Gasteiger partial charge in [0.25, 0.3) is 0 Å². The van der Waals surface area contributed by atoms with Crippen LogP contribution in [0.1, 0.15) is 162 Å². The first kappa shape index (κ1) is 32.2. The summed E-state index contributed by atoms with van der Waals surface area (Å²) >= 11 is 0. The molecule has 0 aliphatic rings. The van der Waals surface area contributed by atoms with E-state index in [2.05, 4.69) is 27.7 Å². The molecule has 0 atom stereocenters. The van der Waals surface area contributed by atoms with Gasteiger partial charge in [-0.15, -0.1) is 0 Å². The maximum absolute atomic E-state index is 12.2. The second kappa shape index (κ2) is 19.3. The lowest BCUT2D eigenvalue weighted by molar-refractivity contribution is 0.0694. The van der Waals surface area contributed by atoms with Crippen molar-refractivity contribution in [2.24, 2.45) is 11.8 Å². The van der Waals surface area contributed by atoms with Crippen LogP contribution < -0.4 is 0 Å². The van der Waals surface area contributed by atoms with E-state index in [0.717, 1.165) is 49.5 Å². The molecule has 1 aromatic rings. The van der Waals surface area contributed by atoms with Gasteiger partial charge in [0.1, 0.15) is 0 Å². The fourth-order valence-electron chi connectivity index (χ4n) is 5.12. The van der Waals surface area contributed by atoms with Crippen LogP contribution in [0, 0.1) is 11.8 Å². The van der Waals surface area contributed by atoms with Crippen molar-refractivity contribution in [1.29, 1.82) is 0 Å². The van der Waals surface area contributed by atoms with Crippen LogP contribution in [0.5, 0.6) is 0 Å². The number of carbonyl (C=O) groups is 2. The quantitative estimate of drug-likeness (QED) is 0.155. The Balaban J connectivity index is 2.54. The maximum Gasteiger partial charge on any atom is 0.336 e. The predicted octanol–water partition coefficient (Wildman–Crippen LogP) is 9.72. The van der Waals surface area contributed by atoms with Crippen LogP contribution in [-0.4, -0.2) is 22.2 Å². The zero-order chi connectivity index (χ0) is 26.8. The van der Waals surface area contributed by atoms with Gasteiger partial charge in [-0.25, -0.2) is 9.59 Å². The third kappa shape index (κ3) is 14.0. The third-order valence-electron chi connectivity index (χ3n) is 7.28. The lowest BCUT2D eigenvalue weighted by Crippen LogP contribution is -2.13. The molecular formula is C32H54O4. The van der Waals surface area contributed by atoms with Gasteiger partial charge in [-0.2, -0.15) is 0 Å². The first-order chi connectivity index (χ1) is 17.2. The fourth-order valence-corrected chi connectivity index (χ4v) is 5.12. The molecule has 1 rings (SSSR count). The molecule has 0 fully saturated rings. The summed E-state index contributed by atoms with van der Waals surface area (Å²) < 4.78 is 0. The van der Waals surface area contributed by atoms with E-state index in [1.807, 2.05) is 0 Å². The molecule has 4 nitrogen and oxygen atoms in total. The highest BCUT2D eigenvalue weighted by atomic mass is 16.4. The molecule has 0 spiro atoms.